The van der Waals surface area contributed by atoms with Gasteiger partial charge in [-0.25, -0.2) is 0 Å². The topological polar surface area (TPSA) is 52.5 Å². The quantitative estimate of drug-likeness (QED) is 0.432. The Labute approximate surface area is 170 Å². The number of phenols is 2. The first-order chi connectivity index (χ1) is 12.2. The molecule has 0 amide bonds. The lowest BCUT2D eigenvalue weighted by atomic mass is 9.75. The van der Waals surface area contributed by atoms with Crippen LogP contribution in [0, 0.1) is 0 Å². The van der Waals surface area contributed by atoms with Crippen LogP contribution >= 0.6 is 28.3 Å². The number of aryl methyl sites for hydroxylation is 2. The maximum absolute atomic E-state index is 10.0. The molecule has 3 N–H and O–H groups in total. The zero-order chi connectivity index (χ0) is 17.4. The third kappa shape index (κ3) is 3.67. The van der Waals surface area contributed by atoms with E-state index in [0.717, 1.165) is 19.4 Å². The Hall–Kier alpha value is -1.04. The first-order valence-corrected chi connectivity index (χ1v) is 10.4. The molecular weight excluding hydrogens is 410 g/mol. The van der Waals surface area contributed by atoms with E-state index in [1.807, 2.05) is 11.3 Å². The summed E-state index contributed by atoms with van der Waals surface area (Å²) in [7, 11) is 0. The molecule has 142 valence electrons. The summed E-state index contributed by atoms with van der Waals surface area (Å²) in [4.78, 5) is 2.97. The average Bonchev–Trinajstić information content (AvgIpc) is 3.02. The lowest BCUT2D eigenvalue weighted by Gasteiger charge is -2.38. The minimum atomic E-state index is 0. The molecular formula is C21H28BrNO2S. The molecule has 0 bridgehead atoms. The molecule has 1 aliphatic heterocycles. The molecule has 1 aliphatic carbocycles. The predicted octanol–water partition coefficient (Wildman–Crippen LogP) is 5.41. The summed E-state index contributed by atoms with van der Waals surface area (Å²) in [6, 6.07) is 6.38. The number of fused-ring (bicyclic) bond motifs is 5. The lowest BCUT2D eigenvalue weighted by Crippen LogP contribution is -2.41. The third-order valence-corrected chi connectivity index (χ3v) is 7.03. The van der Waals surface area contributed by atoms with Crippen molar-refractivity contribution in [2.24, 2.45) is 0 Å². The van der Waals surface area contributed by atoms with E-state index < -0.39 is 0 Å². The maximum Gasteiger partial charge on any atom is 0.157 e. The second-order valence-corrected chi connectivity index (χ2v) is 8.62. The predicted molar refractivity (Wildman–Crippen MR) is 113 cm³/mol. The van der Waals surface area contributed by atoms with Gasteiger partial charge < -0.3 is 15.5 Å². The van der Waals surface area contributed by atoms with Gasteiger partial charge in [-0.1, -0.05) is 26.2 Å². The SMILES string of the molecule is Br.CCCCCCc1cc2c(s1)[C@H]1c3cc(O)c(O)cc3CC[C@@H]1NC2. The van der Waals surface area contributed by atoms with Crippen molar-refractivity contribution in [3.8, 4) is 11.5 Å². The minimum absolute atomic E-state index is 0. The normalized spacial score (nSPS) is 20.7. The standard InChI is InChI=1S/C21H27NO2S.BrH/c1-2-3-4-5-6-15-9-14-12-22-17-8-7-13-10-18(23)19(24)11-16(13)20(17)21(14)25-15;/h9-11,17,20,22-24H,2-8,12H2,1H3;1H/t17-,20-;/m0./s1. The third-order valence-electron chi connectivity index (χ3n) is 5.71. The lowest BCUT2D eigenvalue weighted by molar-refractivity contribution is 0.383. The molecule has 2 aromatic rings. The van der Waals surface area contributed by atoms with Crippen molar-refractivity contribution >= 4 is 28.3 Å². The van der Waals surface area contributed by atoms with E-state index in [4.69, 9.17) is 0 Å². The fourth-order valence-electron chi connectivity index (χ4n) is 4.37. The molecule has 2 atom stereocenters. The van der Waals surface area contributed by atoms with Crippen molar-refractivity contribution in [1.82, 2.24) is 5.32 Å². The van der Waals surface area contributed by atoms with Gasteiger partial charge in [0.2, 0.25) is 0 Å². The highest BCUT2D eigenvalue weighted by molar-refractivity contribution is 8.93. The molecule has 2 aliphatic rings. The number of benzene rings is 1. The summed E-state index contributed by atoms with van der Waals surface area (Å²) in [5.41, 5.74) is 3.81. The second-order valence-electron chi connectivity index (χ2n) is 7.46. The molecule has 0 radical (unpaired) electrons. The molecule has 0 unspecified atom stereocenters. The van der Waals surface area contributed by atoms with Gasteiger partial charge in [-0.15, -0.1) is 28.3 Å². The number of phenolic OH excluding ortho intramolecular Hbond substituents is 2. The fraction of sp³-hybridized carbons (Fsp3) is 0.524. The Balaban J connectivity index is 0.00000196. The Morgan fingerprint density at radius 3 is 2.69 bits per heavy atom. The monoisotopic (exact) mass is 437 g/mol. The van der Waals surface area contributed by atoms with Crippen molar-refractivity contribution in [3.05, 3.63) is 44.6 Å². The molecule has 1 aromatic carbocycles. The Morgan fingerprint density at radius 1 is 1.08 bits per heavy atom. The van der Waals surface area contributed by atoms with Crippen molar-refractivity contribution in [2.45, 2.75) is 70.4 Å². The smallest absolute Gasteiger partial charge is 0.157 e. The van der Waals surface area contributed by atoms with Gasteiger partial charge in [0, 0.05) is 28.3 Å². The number of nitrogens with one attached hydrogen (secondary N) is 1. The maximum atomic E-state index is 10.0. The number of thiophene rings is 1. The summed E-state index contributed by atoms with van der Waals surface area (Å²) in [5.74, 6) is 0.320. The first-order valence-electron chi connectivity index (χ1n) is 9.57. The van der Waals surface area contributed by atoms with Crippen LogP contribution in [0.2, 0.25) is 0 Å². The van der Waals surface area contributed by atoms with Crippen LogP contribution in [0.25, 0.3) is 0 Å². The van der Waals surface area contributed by atoms with E-state index in [-0.39, 0.29) is 28.5 Å². The molecule has 0 saturated heterocycles. The molecule has 4 rings (SSSR count). The van der Waals surface area contributed by atoms with Gasteiger partial charge in [0.05, 0.1) is 0 Å². The number of rotatable bonds is 5. The van der Waals surface area contributed by atoms with E-state index in [1.54, 1.807) is 12.1 Å². The van der Waals surface area contributed by atoms with Crippen LogP contribution in [0.3, 0.4) is 0 Å². The summed E-state index contributed by atoms with van der Waals surface area (Å²) in [6.45, 7) is 3.21. The summed E-state index contributed by atoms with van der Waals surface area (Å²) in [5, 5.41) is 23.6. The highest BCUT2D eigenvalue weighted by atomic mass is 79.9. The van der Waals surface area contributed by atoms with Crippen molar-refractivity contribution in [3.63, 3.8) is 0 Å². The van der Waals surface area contributed by atoms with Gasteiger partial charge in [-0.3, -0.25) is 0 Å². The van der Waals surface area contributed by atoms with Crippen LogP contribution < -0.4 is 5.32 Å². The Morgan fingerprint density at radius 2 is 1.88 bits per heavy atom. The van der Waals surface area contributed by atoms with Crippen LogP contribution in [-0.4, -0.2) is 16.3 Å². The minimum Gasteiger partial charge on any atom is -0.504 e. The van der Waals surface area contributed by atoms with Gasteiger partial charge in [-0.2, -0.15) is 0 Å². The van der Waals surface area contributed by atoms with Crippen molar-refractivity contribution < 1.29 is 10.2 Å². The van der Waals surface area contributed by atoms with Crippen molar-refractivity contribution in [1.29, 1.82) is 0 Å². The second kappa shape index (κ2) is 8.32. The number of hydrogen-bond donors (Lipinski definition) is 3. The average molecular weight is 438 g/mol. The largest absolute Gasteiger partial charge is 0.504 e. The molecule has 5 heteroatoms. The molecule has 0 fully saturated rings. The van der Waals surface area contributed by atoms with E-state index >= 15 is 0 Å². The molecule has 1 aromatic heterocycles. The summed E-state index contributed by atoms with van der Waals surface area (Å²) >= 11 is 1.97. The highest BCUT2D eigenvalue weighted by Gasteiger charge is 2.37. The number of hydrogen-bond acceptors (Lipinski definition) is 4. The van der Waals surface area contributed by atoms with Crippen LogP contribution in [0.4, 0.5) is 0 Å². The molecule has 2 heterocycles. The number of aromatic hydroxyl groups is 2. The van der Waals surface area contributed by atoms with Gasteiger partial charge in [0.15, 0.2) is 11.5 Å². The van der Waals surface area contributed by atoms with Crippen molar-refractivity contribution in [2.75, 3.05) is 0 Å². The first kappa shape index (κ1) is 19.7. The van der Waals surface area contributed by atoms with Gasteiger partial charge in [0.25, 0.3) is 0 Å². The zero-order valence-electron chi connectivity index (χ0n) is 15.3. The molecule has 0 saturated carbocycles. The Kier molecular flexibility index (Phi) is 6.31. The van der Waals surface area contributed by atoms with E-state index in [9.17, 15) is 10.2 Å². The summed E-state index contributed by atoms with van der Waals surface area (Å²) < 4.78 is 0. The molecule has 0 spiro atoms. The van der Waals surface area contributed by atoms with Gasteiger partial charge in [-0.05, 0) is 60.6 Å². The fourth-order valence-corrected chi connectivity index (χ4v) is 5.78. The zero-order valence-corrected chi connectivity index (χ0v) is 17.8. The van der Waals surface area contributed by atoms with Crippen LogP contribution in [0.5, 0.6) is 11.5 Å². The van der Waals surface area contributed by atoms with Crippen LogP contribution in [-0.2, 0) is 19.4 Å². The highest BCUT2D eigenvalue weighted by Crippen LogP contribution is 2.46. The van der Waals surface area contributed by atoms with E-state index in [1.165, 1.54) is 58.5 Å². The number of halogens is 1. The van der Waals surface area contributed by atoms with Crippen LogP contribution in [0.15, 0.2) is 18.2 Å². The van der Waals surface area contributed by atoms with E-state index in [2.05, 4.69) is 18.3 Å². The van der Waals surface area contributed by atoms with Gasteiger partial charge in [0.1, 0.15) is 0 Å². The summed E-state index contributed by atoms with van der Waals surface area (Å²) in [6.07, 6.45) is 8.43. The Bertz CT molecular complexity index is 774. The van der Waals surface area contributed by atoms with E-state index in [0.29, 0.717) is 12.0 Å². The number of unbranched alkanes of at least 4 members (excludes halogenated alkanes) is 3. The van der Waals surface area contributed by atoms with Crippen LogP contribution in [0.1, 0.15) is 71.4 Å². The molecule has 26 heavy (non-hydrogen) atoms. The molecule has 3 nitrogen and oxygen atoms in total. The van der Waals surface area contributed by atoms with Gasteiger partial charge >= 0.3 is 0 Å².